The topological polar surface area (TPSA) is 40.7 Å². The van der Waals surface area contributed by atoms with E-state index in [1.807, 2.05) is 30.5 Å². The first kappa shape index (κ1) is 8.31. The lowest BCUT2D eigenvalue weighted by Crippen LogP contribution is -1.90. The molecule has 2 aromatic heterocycles. The lowest BCUT2D eigenvalue weighted by Gasteiger charge is -2.02. The van der Waals surface area contributed by atoms with Gasteiger partial charge in [-0.05, 0) is 40.2 Å². The molecule has 0 atom stereocenters. The predicted molar refractivity (Wildman–Crippen MR) is 56.0 cm³/mol. The molecule has 0 aliphatic rings. The van der Waals surface area contributed by atoms with Gasteiger partial charge >= 0.3 is 0 Å². The fraction of sp³-hybridized carbons (Fsp3) is 0. The first-order chi connectivity index (χ1) is 6.34. The van der Waals surface area contributed by atoms with Gasteiger partial charge in [0.05, 0.1) is 11.9 Å². The number of aromatic amines is 1. The molecular formula is C9H8BrN3. The molecule has 0 saturated heterocycles. The molecular weight excluding hydrogens is 230 g/mol. The van der Waals surface area contributed by atoms with Gasteiger partial charge in [0.1, 0.15) is 10.4 Å². The zero-order valence-electron chi connectivity index (χ0n) is 6.79. The molecule has 2 N–H and O–H groups in total. The summed E-state index contributed by atoms with van der Waals surface area (Å²) in [7, 11) is 0. The molecule has 2 heterocycles. The van der Waals surface area contributed by atoms with Crippen molar-refractivity contribution in [3.63, 3.8) is 0 Å². The van der Waals surface area contributed by atoms with Crippen LogP contribution in [0.3, 0.4) is 0 Å². The minimum Gasteiger partial charge on any atom is -0.348 e. The van der Waals surface area contributed by atoms with Crippen LogP contribution in [0.1, 0.15) is 0 Å². The zero-order valence-corrected chi connectivity index (χ0v) is 8.38. The maximum atomic E-state index is 4.10. The lowest BCUT2D eigenvalue weighted by atomic mass is 10.4. The highest BCUT2D eigenvalue weighted by Gasteiger charge is 1.94. The van der Waals surface area contributed by atoms with E-state index >= 15 is 0 Å². The van der Waals surface area contributed by atoms with Crippen LogP contribution < -0.4 is 5.32 Å². The van der Waals surface area contributed by atoms with Gasteiger partial charge < -0.3 is 10.3 Å². The number of hydrogen-bond acceptors (Lipinski definition) is 2. The van der Waals surface area contributed by atoms with Crippen molar-refractivity contribution in [2.45, 2.75) is 0 Å². The van der Waals surface area contributed by atoms with Crippen LogP contribution in [0.15, 0.2) is 41.3 Å². The third-order valence-electron chi connectivity index (χ3n) is 1.60. The van der Waals surface area contributed by atoms with Crippen LogP contribution in [-0.4, -0.2) is 9.97 Å². The van der Waals surface area contributed by atoms with E-state index < -0.39 is 0 Å². The minimum absolute atomic E-state index is 0.838. The third-order valence-corrected chi connectivity index (χ3v) is 2.07. The van der Waals surface area contributed by atoms with E-state index in [1.54, 1.807) is 6.20 Å². The zero-order chi connectivity index (χ0) is 9.10. The molecule has 66 valence electrons. The first-order valence-electron chi connectivity index (χ1n) is 3.86. The second-order valence-electron chi connectivity index (χ2n) is 2.58. The van der Waals surface area contributed by atoms with E-state index in [-0.39, 0.29) is 0 Å². The van der Waals surface area contributed by atoms with Crippen LogP contribution in [0.5, 0.6) is 0 Å². The molecule has 4 heteroatoms. The summed E-state index contributed by atoms with van der Waals surface area (Å²) in [6.07, 6.45) is 3.64. The molecule has 0 bridgehead atoms. The summed E-state index contributed by atoms with van der Waals surface area (Å²) in [6.45, 7) is 0. The van der Waals surface area contributed by atoms with Crippen LogP contribution in [0.25, 0.3) is 0 Å². The fourth-order valence-electron chi connectivity index (χ4n) is 1.01. The van der Waals surface area contributed by atoms with E-state index in [2.05, 4.69) is 31.2 Å². The number of H-pyrrole nitrogens is 1. The molecule has 0 fully saturated rings. The van der Waals surface area contributed by atoms with Crippen molar-refractivity contribution in [1.82, 2.24) is 9.97 Å². The quantitative estimate of drug-likeness (QED) is 0.789. The van der Waals surface area contributed by atoms with E-state index in [1.165, 1.54) is 0 Å². The average molecular weight is 238 g/mol. The number of anilines is 2. The summed E-state index contributed by atoms with van der Waals surface area (Å²) in [5.74, 6) is 0.962. The Balaban J connectivity index is 2.15. The van der Waals surface area contributed by atoms with Gasteiger partial charge in [-0.3, -0.25) is 0 Å². The number of pyridine rings is 1. The minimum atomic E-state index is 0.838. The van der Waals surface area contributed by atoms with Crippen molar-refractivity contribution in [3.8, 4) is 0 Å². The Morgan fingerprint density at radius 1 is 1.31 bits per heavy atom. The molecule has 0 aliphatic heterocycles. The van der Waals surface area contributed by atoms with Crippen LogP contribution >= 0.6 is 15.9 Å². The lowest BCUT2D eigenvalue weighted by molar-refractivity contribution is 1.26. The van der Waals surface area contributed by atoms with Gasteiger partial charge in [0.25, 0.3) is 0 Å². The van der Waals surface area contributed by atoms with E-state index in [0.29, 0.717) is 0 Å². The van der Waals surface area contributed by atoms with E-state index in [9.17, 15) is 0 Å². The highest BCUT2D eigenvalue weighted by Crippen LogP contribution is 2.14. The Bertz CT molecular complexity index is 366. The monoisotopic (exact) mass is 237 g/mol. The maximum Gasteiger partial charge on any atom is 0.107 e. The van der Waals surface area contributed by atoms with Gasteiger partial charge in [0.2, 0.25) is 0 Å². The number of nitrogens with one attached hydrogen (secondary N) is 2. The number of hydrogen-bond donors (Lipinski definition) is 2. The average Bonchev–Trinajstić information content (AvgIpc) is 2.62. The third kappa shape index (κ3) is 2.09. The summed E-state index contributed by atoms with van der Waals surface area (Å²) >= 11 is 3.28. The summed E-state index contributed by atoms with van der Waals surface area (Å²) in [5, 5.41) is 3.17. The molecule has 0 aliphatic carbocycles. The largest absolute Gasteiger partial charge is 0.348 e. The van der Waals surface area contributed by atoms with Crippen LogP contribution in [0.4, 0.5) is 11.5 Å². The van der Waals surface area contributed by atoms with Crippen molar-refractivity contribution in [2.24, 2.45) is 0 Å². The van der Waals surface area contributed by atoms with Crippen LogP contribution in [0, 0.1) is 0 Å². The summed E-state index contributed by atoms with van der Waals surface area (Å²) in [5.41, 5.74) is 0.964. The van der Waals surface area contributed by atoms with Crippen molar-refractivity contribution < 1.29 is 0 Å². The summed E-state index contributed by atoms with van der Waals surface area (Å²) in [6, 6.07) is 7.75. The van der Waals surface area contributed by atoms with Crippen molar-refractivity contribution >= 4 is 27.4 Å². The molecule has 2 aromatic rings. The highest BCUT2D eigenvalue weighted by molar-refractivity contribution is 9.10. The van der Waals surface area contributed by atoms with E-state index in [4.69, 9.17) is 0 Å². The van der Waals surface area contributed by atoms with Crippen molar-refractivity contribution in [1.29, 1.82) is 0 Å². The summed E-state index contributed by atoms with van der Waals surface area (Å²) < 4.78 is 0.838. The van der Waals surface area contributed by atoms with Gasteiger partial charge in [0.15, 0.2) is 0 Å². The molecule has 13 heavy (non-hydrogen) atoms. The van der Waals surface area contributed by atoms with Gasteiger partial charge in [-0.25, -0.2) is 4.98 Å². The molecule has 0 aromatic carbocycles. The smallest absolute Gasteiger partial charge is 0.107 e. The molecule has 2 rings (SSSR count). The van der Waals surface area contributed by atoms with Gasteiger partial charge in [-0.1, -0.05) is 0 Å². The standard InChI is InChI=1S/C9H8BrN3/c10-8-4-3-7(6-12-8)13-9-2-1-5-11-9/h1-6,11,13H. The Hall–Kier alpha value is -1.29. The molecule has 0 radical (unpaired) electrons. The summed E-state index contributed by atoms with van der Waals surface area (Å²) in [4.78, 5) is 7.15. The fourth-order valence-corrected chi connectivity index (χ4v) is 1.25. The Morgan fingerprint density at radius 2 is 2.23 bits per heavy atom. The number of halogens is 1. The molecule has 0 saturated carbocycles. The highest BCUT2D eigenvalue weighted by atomic mass is 79.9. The number of nitrogens with zero attached hydrogens (tertiary/aromatic N) is 1. The molecule has 0 amide bonds. The second kappa shape index (κ2) is 3.62. The predicted octanol–water partition coefficient (Wildman–Crippen LogP) is 2.92. The SMILES string of the molecule is Brc1ccc(Nc2ccc[nH]2)cn1. The molecule has 3 nitrogen and oxygen atoms in total. The van der Waals surface area contributed by atoms with Crippen molar-refractivity contribution in [3.05, 3.63) is 41.3 Å². The number of aromatic nitrogens is 2. The van der Waals surface area contributed by atoms with Crippen molar-refractivity contribution in [2.75, 3.05) is 5.32 Å². The van der Waals surface area contributed by atoms with Gasteiger partial charge in [-0.15, -0.1) is 0 Å². The normalized spacial score (nSPS) is 9.92. The van der Waals surface area contributed by atoms with E-state index in [0.717, 1.165) is 16.1 Å². The van der Waals surface area contributed by atoms with Gasteiger partial charge in [-0.2, -0.15) is 0 Å². The van der Waals surface area contributed by atoms with Crippen LogP contribution in [-0.2, 0) is 0 Å². The Kier molecular flexibility index (Phi) is 2.31. The second-order valence-corrected chi connectivity index (χ2v) is 3.39. The molecule has 0 unspecified atom stereocenters. The Labute approximate surface area is 84.3 Å². The first-order valence-corrected chi connectivity index (χ1v) is 4.66. The molecule has 0 spiro atoms. The Morgan fingerprint density at radius 3 is 2.85 bits per heavy atom. The van der Waals surface area contributed by atoms with Gasteiger partial charge in [0, 0.05) is 6.20 Å². The van der Waals surface area contributed by atoms with Crippen LogP contribution in [0.2, 0.25) is 0 Å². The maximum absolute atomic E-state index is 4.10. The number of rotatable bonds is 2.